The Morgan fingerprint density at radius 3 is 2.64 bits per heavy atom. The number of hydrogen-bond acceptors (Lipinski definition) is 9. The van der Waals surface area contributed by atoms with E-state index in [1.165, 1.54) is 10.9 Å². The summed E-state index contributed by atoms with van der Waals surface area (Å²) in [7, 11) is 0. The van der Waals surface area contributed by atoms with Crippen LogP contribution < -0.4 is 15.5 Å². The Bertz CT molecular complexity index is 2080. The number of benzene rings is 1. The molecule has 1 saturated carbocycles. The van der Waals surface area contributed by atoms with Crippen molar-refractivity contribution in [1.29, 1.82) is 0 Å². The Kier molecular flexibility index (Phi) is 7.63. The zero-order chi connectivity index (χ0) is 37.0. The SMILES string of the molecule is C[C@@]12Cc3[nH]nc(C(=O)Nc4cnn([C@H]5CCN(C[C@H]6CCN(c7ccc8c(c7)C(=O)N(C7CCC(=O)NC7=O)C8=O)C6)C[C@@H]5F)c4)c3[C@@H](C1)C2(F)F. The first-order chi connectivity index (χ1) is 25.3. The molecule has 4 fully saturated rings. The van der Waals surface area contributed by atoms with Gasteiger partial charge in [-0.25, -0.2) is 13.2 Å². The molecule has 4 aliphatic heterocycles. The second-order valence-corrected chi connectivity index (χ2v) is 15.7. The van der Waals surface area contributed by atoms with Crippen LogP contribution >= 0.6 is 0 Å². The van der Waals surface area contributed by atoms with Crippen LogP contribution in [0.3, 0.4) is 0 Å². The predicted octanol–water partition coefficient (Wildman–Crippen LogP) is 3.06. The average Bonchev–Trinajstić information content (AvgIpc) is 3.92. The molecule has 17 heteroatoms. The van der Waals surface area contributed by atoms with Gasteiger partial charge >= 0.3 is 0 Å². The van der Waals surface area contributed by atoms with Gasteiger partial charge in [0.05, 0.1) is 35.0 Å². The highest BCUT2D eigenvalue weighted by Gasteiger charge is 2.70. The number of fused-ring (bicyclic) bond motifs is 1. The number of carbonyl (C=O) groups excluding carboxylic acids is 5. The van der Waals surface area contributed by atoms with Crippen LogP contribution in [0.25, 0.3) is 0 Å². The van der Waals surface area contributed by atoms with E-state index in [2.05, 4.69) is 35.7 Å². The minimum Gasteiger partial charge on any atom is -0.371 e. The van der Waals surface area contributed by atoms with Gasteiger partial charge in [0.15, 0.2) is 5.69 Å². The van der Waals surface area contributed by atoms with Crippen molar-refractivity contribution in [2.45, 2.75) is 75.5 Å². The lowest BCUT2D eigenvalue weighted by molar-refractivity contribution is -0.221. The van der Waals surface area contributed by atoms with Gasteiger partial charge in [-0.2, -0.15) is 10.2 Å². The van der Waals surface area contributed by atoms with Crippen molar-refractivity contribution in [2.24, 2.45) is 11.3 Å². The highest BCUT2D eigenvalue weighted by molar-refractivity contribution is 6.23. The number of H-pyrrole nitrogens is 1. The van der Waals surface area contributed by atoms with Gasteiger partial charge in [-0.05, 0) is 49.8 Å². The molecule has 1 unspecified atom stereocenters. The largest absolute Gasteiger partial charge is 0.371 e. The first-order valence-corrected chi connectivity index (χ1v) is 18.1. The third kappa shape index (κ3) is 5.28. The number of hydrogen-bond donors (Lipinski definition) is 3. The van der Waals surface area contributed by atoms with Crippen LogP contribution in [0.15, 0.2) is 30.6 Å². The molecule has 3 N–H and O–H groups in total. The van der Waals surface area contributed by atoms with E-state index in [1.807, 2.05) is 0 Å². The van der Waals surface area contributed by atoms with E-state index < -0.39 is 65.0 Å². The van der Waals surface area contributed by atoms with Gasteiger partial charge in [-0.1, -0.05) is 6.92 Å². The maximum Gasteiger partial charge on any atom is 0.276 e. The van der Waals surface area contributed by atoms with Gasteiger partial charge in [-0.3, -0.25) is 48.9 Å². The molecule has 6 heterocycles. The number of carbonyl (C=O) groups is 5. The first-order valence-electron chi connectivity index (χ1n) is 18.1. The summed E-state index contributed by atoms with van der Waals surface area (Å²) in [6, 6.07) is 3.55. The summed E-state index contributed by atoms with van der Waals surface area (Å²) >= 11 is 0. The first kappa shape index (κ1) is 33.8. The number of nitrogens with zero attached hydrogens (tertiary/aromatic N) is 6. The molecule has 2 bridgehead atoms. The number of aromatic nitrogens is 4. The van der Waals surface area contributed by atoms with Crippen molar-refractivity contribution in [1.82, 2.24) is 35.1 Å². The van der Waals surface area contributed by atoms with Gasteiger partial charge in [0.25, 0.3) is 23.6 Å². The molecule has 5 amide bonds. The van der Waals surface area contributed by atoms with E-state index >= 15 is 4.39 Å². The maximum atomic E-state index is 15.6. The monoisotopic (exact) mass is 733 g/mol. The molecular weight excluding hydrogens is 695 g/mol. The highest BCUT2D eigenvalue weighted by Crippen LogP contribution is 2.67. The third-order valence-electron chi connectivity index (χ3n) is 12.3. The Labute approximate surface area is 301 Å². The molecule has 278 valence electrons. The second-order valence-electron chi connectivity index (χ2n) is 15.7. The lowest BCUT2D eigenvalue weighted by Gasteiger charge is -2.56. The number of imide groups is 2. The number of likely N-dealkylation sites (tertiary alicyclic amines) is 1. The topological polar surface area (TPSA) is 166 Å². The summed E-state index contributed by atoms with van der Waals surface area (Å²) in [5, 5.41) is 16.1. The van der Waals surface area contributed by atoms with E-state index in [-0.39, 0.29) is 54.1 Å². The molecular formula is C36H38F3N9O5. The number of nitrogens with one attached hydrogen (secondary N) is 3. The zero-order valence-electron chi connectivity index (χ0n) is 28.9. The molecule has 2 aromatic heterocycles. The van der Waals surface area contributed by atoms with Crippen molar-refractivity contribution in [2.75, 3.05) is 42.9 Å². The number of alkyl halides is 3. The van der Waals surface area contributed by atoms with E-state index in [1.54, 1.807) is 31.3 Å². The standard InChI is InChI=1S/C36H38F3N9O5/c1-35-11-23(36(35,38)39)29-25(12-35)43-44-30(29)32(51)41-19-13-40-47(16-19)26-7-8-45(17-24(26)37)14-18-6-9-46(15-18)20-2-3-21-22(10-20)34(53)48(33(21)52)27-4-5-28(49)42-31(27)50/h2-3,10,13,16,18,23-24,26-27H,4-9,11-12,14-15,17H2,1H3,(H,41,51)(H,43,44)(H,42,49,50)/t18-,23-,24+,26+,27?,35+/m1/s1. The van der Waals surface area contributed by atoms with Crippen molar-refractivity contribution in [3.05, 3.63) is 58.7 Å². The van der Waals surface area contributed by atoms with Crippen LogP contribution in [-0.4, -0.2) is 110 Å². The molecule has 0 radical (unpaired) electrons. The Hall–Kier alpha value is -5.06. The van der Waals surface area contributed by atoms with Crippen molar-refractivity contribution < 1.29 is 37.1 Å². The summed E-state index contributed by atoms with van der Waals surface area (Å²) in [6.07, 6.45) is 3.71. The summed E-state index contributed by atoms with van der Waals surface area (Å²) in [5.74, 6) is -6.47. The van der Waals surface area contributed by atoms with E-state index in [9.17, 15) is 32.8 Å². The molecule has 3 aromatic rings. The molecule has 53 heavy (non-hydrogen) atoms. The Morgan fingerprint density at radius 1 is 1.06 bits per heavy atom. The van der Waals surface area contributed by atoms with Crippen LogP contribution in [0.5, 0.6) is 0 Å². The van der Waals surface area contributed by atoms with Gasteiger partial charge in [0, 0.05) is 74.1 Å². The Balaban J connectivity index is 0.786. The number of anilines is 2. The van der Waals surface area contributed by atoms with Crippen molar-refractivity contribution >= 4 is 40.9 Å². The molecule has 10 rings (SSSR count). The molecule has 14 nitrogen and oxygen atoms in total. The molecule has 3 saturated heterocycles. The zero-order valence-corrected chi connectivity index (χ0v) is 28.9. The summed E-state index contributed by atoms with van der Waals surface area (Å²) in [6.45, 7) is 4.51. The van der Waals surface area contributed by atoms with Gasteiger partial charge in [0.2, 0.25) is 11.8 Å². The fourth-order valence-electron chi connectivity index (χ4n) is 9.37. The van der Waals surface area contributed by atoms with Crippen LogP contribution in [0.1, 0.15) is 93.4 Å². The van der Waals surface area contributed by atoms with E-state index in [4.69, 9.17) is 0 Å². The number of piperidine rings is 2. The molecule has 6 atom stereocenters. The van der Waals surface area contributed by atoms with Crippen molar-refractivity contribution in [3.63, 3.8) is 0 Å². The maximum absolute atomic E-state index is 15.6. The number of rotatable bonds is 7. The molecule has 0 spiro atoms. The summed E-state index contributed by atoms with van der Waals surface area (Å²) < 4.78 is 46.8. The van der Waals surface area contributed by atoms with Gasteiger partial charge < -0.3 is 10.2 Å². The minimum absolute atomic E-state index is 0.0440. The molecule has 7 aliphatic rings. The summed E-state index contributed by atoms with van der Waals surface area (Å²) in [5.41, 5.74) is 1.28. The fourth-order valence-corrected chi connectivity index (χ4v) is 9.37. The van der Waals surface area contributed by atoms with Crippen LogP contribution in [0.2, 0.25) is 0 Å². The van der Waals surface area contributed by atoms with Gasteiger partial charge in [0.1, 0.15) is 12.2 Å². The number of halogens is 3. The van der Waals surface area contributed by atoms with Crippen molar-refractivity contribution in [3.8, 4) is 0 Å². The highest BCUT2D eigenvalue weighted by atomic mass is 19.3. The van der Waals surface area contributed by atoms with Crippen LogP contribution in [0, 0.1) is 11.3 Å². The average molecular weight is 734 g/mol. The number of aromatic amines is 1. The molecule has 1 aromatic carbocycles. The fraction of sp³-hybridized carbons (Fsp3) is 0.528. The van der Waals surface area contributed by atoms with Gasteiger partial charge in [-0.15, -0.1) is 0 Å². The summed E-state index contributed by atoms with van der Waals surface area (Å²) in [4.78, 5) is 68.7. The molecule has 3 aliphatic carbocycles. The van der Waals surface area contributed by atoms with Crippen LogP contribution in [-0.2, 0) is 16.0 Å². The minimum atomic E-state index is -2.90. The third-order valence-corrected chi connectivity index (χ3v) is 12.3. The van der Waals surface area contributed by atoms with E-state index in [0.717, 1.165) is 23.6 Å². The predicted molar refractivity (Wildman–Crippen MR) is 181 cm³/mol. The van der Waals surface area contributed by atoms with E-state index in [0.29, 0.717) is 43.9 Å². The second kappa shape index (κ2) is 12.0. The Morgan fingerprint density at radius 2 is 1.87 bits per heavy atom. The van der Waals surface area contributed by atoms with Crippen LogP contribution in [0.4, 0.5) is 24.5 Å². The normalized spacial score (nSPS) is 30.6. The number of amides is 5. The lowest BCUT2D eigenvalue weighted by Crippen LogP contribution is -2.59. The quantitative estimate of drug-likeness (QED) is 0.310. The lowest BCUT2D eigenvalue weighted by atomic mass is 9.51. The smallest absolute Gasteiger partial charge is 0.276 e.